The standard InChI is InChI=1S/C24H21NO5/c26-17-8-6-16(7-9-17)19-14-30-24-18(20(27)12-21(28)22(24)23(19)29)13-25-11-10-15-4-2-1-3-5-15/h1-9,12-14,24-27,29H,10-11H2/b18-13-. The van der Waals surface area contributed by atoms with Crippen molar-refractivity contribution in [3.63, 3.8) is 0 Å². The van der Waals surface area contributed by atoms with Gasteiger partial charge in [0.15, 0.2) is 11.9 Å². The van der Waals surface area contributed by atoms with Gasteiger partial charge in [0.05, 0.1) is 23.0 Å². The summed E-state index contributed by atoms with van der Waals surface area (Å²) < 4.78 is 5.75. The van der Waals surface area contributed by atoms with Gasteiger partial charge in [0.25, 0.3) is 0 Å². The number of ketones is 1. The number of hydrogen-bond acceptors (Lipinski definition) is 6. The summed E-state index contributed by atoms with van der Waals surface area (Å²) in [7, 11) is 0. The number of benzene rings is 2. The van der Waals surface area contributed by atoms with Crippen LogP contribution in [0.1, 0.15) is 11.1 Å². The molecule has 0 fully saturated rings. The first-order valence-corrected chi connectivity index (χ1v) is 9.56. The summed E-state index contributed by atoms with van der Waals surface area (Å²) in [5.41, 5.74) is 2.53. The SMILES string of the molecule is O=C1C=C(O)/C(=C/NCCc2ccccc2)C2OC=C(c3ccc(O)cc3)C(O)=C12. The number of aliphatic hydroxyl groups excluding tert-OH is 2. The van der Waals surface area contributed by atoms with E-state index in [0.29, 0.717) is 23.3 Å². The van der Waals surface area contributed by atoms with Gasteiger partial charge >= 0.3 is 0 Å². The van der Waals surface area contributed by atoms with Crippen molar-refractivity contribution < 1.29 is 24.9 Å². The zero-order valence-corrected chi connectivity index (χ0v) is 16.1. The second-order valence-electron chi connectivity index (χ2n) is 7.04. The van der Waals surface area contributed by atoms with Gasteiger partial charge in [-0.3, -0.25) is 4.79 Å². The number of carbonyl (C=O) groups excluding carboxylic acids is 1. The van der Waals surface area contributed by atoms with Crippen LogP contribution < -0.4 is 5.32 Å². The number of ether oxygens (including phenoxy) is 1. The van der Waals surface area contributed by atoms with Crippen molar-refractivity contribution in [2.45, 2.75) is 12.5 Å². The van der Waals surface area contributed by atoms with Crippen LogP contribution in [0.5, 0.6) is 5.75 Å². The molecule has 152 valence electrons. The lowest BCUT2D eigenvalue weighted by Crippen LogP contribution is -2.32. The van der Waals surface area contributed by atoms with Gasteiger partial charge in [-0.05, 0) is 29.7 Å². The van der Waals surface area contributed by atoms with E-state index in [9.17, 15) is 20.1 Å². The topological polar surface area (TPSA) is 99.0 Å². The van der Waals surface area contributed by atoms with Crippen LogP contribution >= 0.6 is 0 Å². The van der Waals surface area contributed by atoms with Gasteiger partial charge in [-0.1, -0.05) is 42.5 Å². The van der Waals surface area contributed by atoms with E-state index in [0.717, 1.165) is 12.5 Å². The number of nitrogens with one attached hydrogen (secondary N) is 1. The predicted molar refractivity (Wildman–Crippen MR) is 113 cm³/mol. The van der Waals surface area contributed by atoms with Crippen molar-refractivity contribution in [2.24, 2.45) is 0 Å². The summed E-state index contributed by atoms with van der Waals surface area (Å²) >= 11 is 0. The van der Waals surface area contributed by atoms with Crippen molar-refractivity contribution in [3.05, 3.63) is 107 Å². The number of hydrogen-bond donors (Lipinski definition) is 4. The maximum Gasteiger partial charge on any atom is 0.193 e. The summed E-state index contributed by atoms with van der Waals surface area (Å²) in [6, 6.07) is 16.2. The Bertz CT molecular complexity index is 1080. The summed E-state index contributed by atoms with van der Waals surface area (Å²) in [5, 5.41) is 33.7. The summed E-state index contributed by atoms with van der Waals surface area (Å²) in [4.78, 5) is 12.5. The number of aliphatic hydroxyl groups is 2. The lowest BCUT2D eigenvalue weighted by atomic mass is 9.86. The van der Waals surface area contributed by atoms with Crippen LogP contribution in [0.3, 0.4) is 0 Å². The highest BCUT2D eigenvalue weighted by Crippen LogP contribution is 2.38. The Morgan fingerprint density at radius 1 is 1.00 bits per heavy atom. The molecule has 30 heavy (non-hydrogen) atoms. The number of allylic oxidation sites excluding steroid dienone is 2. The van der Waals surface area contributed by atoms with E-state index in [2.05, 4.69) is 5.32 Å². The number of carbonyl (C=O) groups is 1. The first-order valence-electron chi connectivity index (χ1n) is 9.56. The third-order valence-corrected chi connectivity index (χ3v) is 5.04. The predicted octanol–water partition coefficient (Wildman–Crippen LogP) is 3.68. The second-order valence-corrected chi connectivity index (χ2v) is 7.04. The van der Waals surface area contributed by atoms with E-state index in [1.807, 2.05) is 30.3 Å². The molecule has 0 spiro atoms. The minimum absolute atomic E-state index is 0.0643. The minimum atomic E-state index is -0.910. The fourth-order valence-corrected chi connectivity index (χ4v) is 3.46. The molecule has 2 aromatic carbocycles. The molecule has 0 saturated carbocycles. The molecule has 1 atom stereocenters. The number of phenolic OH excluding ortho intramolecular Hbond substituents is 1. The number of aromatic hydroxyl groups is 1. The van der Waals surface area contributed by atoms with Crippen molar-refractivity contribution in [3.8, 4) is 5.75 Å². The molecule has 6 nitrogen and oxygen atoms in total. The Labute approximate surface area is 173 Å². The van der Waals surface area contributed by atoms with Gasteiger partial charge in [0, 0.05) is 18.8 Å². The smallest absolute Gasteiger partial charge is 0.193 e. The average Bonchev–Trinajstić information content (AvgIpc) is 2.74. The van der Waals surface area contributed by atoms with Crippen molar-refractivity contribution in [1.29, 1.82) is 0 Å². The van der Waals surface area contributed by atoms with E-state index < -0.39 is 11.9 Å². The molecule has 2 aliphatic rings. The first-order chi connectivity index (χ1) is 14.5. The zero-order valence-electron chi connectivity index (χ0n) is 16.1. The van der Waals surface area contributed by atoms with Gasteiger partial charge in [-0.15, -0.1) is 0 Å². The fourth-order valence-electron chi connectivity index (χ4n) is 3.46. The highest BCUT2D eigenvalue weighted by Gasteiger charge is 2.38. The maximum atomic E-state index is 12.5. The third-order valence-electron chi connectivity index (χ3n) is 5.04. The van der Waals surface area contributed by atoms with Crippen LogP contribution in [0.25, 0.3) is 5.57 Å². The van der Waals surface area contributed by atoms with E-state index >= 15 is 0 Å². The fraction of sp³-hybridized carbons (Fsp3) is 0.125. The highest BCUT2D eigenvalue weighted by molar-refractivity contribution is 6.10. The van der Waals surface area contributed by atoms with Gasteiger partial charge < -0.3 is 25.4 Å². The summed E-state index contributed by atoms with van der Waals surface area (Å²) in [5.74, 6) is -0.827. The summed E-state index contributed by atoms with van der Waals surface area (Å²) in [6.45, 7) is 0.626. The van der Waals surface area contributed by atoms with E-state index in [4.69, 9.17) is 4.74 Å². The maximum absolute atomic E-state index is 12.5. The Hall–Kier alpha value is -3.93. The number of fused-ring (bicyclic) bond motifs is 1. The molecule has 1 aliphatic heterocycles. The molecule has 6 heteroatoms. The molecular formula is C24H21NO5. The number of rotatable bonds is 5. The first kappa shape index (κ1) is 19.4. The highest BCUT2D eigenvalue weighted by atomic mass is 16.5. The second kappa shape index (κ2) is 8.21. The van der Waals surface area contributed by atoms with E-state index in [-0.39, 0.29) is 22.8 Å². The number of phenols is 1. The van der Waals surface area contributed by atoms with Crippen molar-refractivity contribution in [2.75, 3.05) is 6.54 Å². The molecule has 1 unspecified atom stereocenters. The third kappa shape index (κ3) is 3.80. The van der Waals surface area contributed by atoms with Gasteiger partial charge in [0.1, 0.15) is 17.3 Å². The van der Waals surface area contributed by atoms with Crippen LogP contribution in [-0.4, -0.2) is 33.8 Å². The molecular weight excluding hydrogens is 382 g/mol. The normalized spacial score (nSPS) is 19.7. The molecule has 2 aromatic rings. The van der Waals surface area contributed by atoms with Crippen LogP contribution in [0.2, 0.25) is 0 Å². The van der Waals surface area contributed by atoms with Gasteiger partial charge in [-0.2, -0.15) is 0 Å². The Kier molecular flexibility index (Phi) is 5.30. The Balaban J connectivity index is 1.56. The van der Waals surface area contributed by atoms with Crippen molar-refractivity contribution in [1.82, 2.24) is 5.32 Å². The van der Waals surface area contributed by atoms with E-state index in [1.54, 1.807) is 18.3 Å². The zero-order chi connectivity index (χ0) is 21.1. The lowest BCUT2D eigenvalue weighted by molar-refractivity contribution is -0.112. The Morgan fingerprint density at radius 3 is 2.47 bits per heavy atom. The molecule has 0 bridgehead atoms. The molecule has 0 aromatic heterocycles. The monoisotopic (exact) mass is 403 g/mol. The molecule has 0 saturated heterocycles. The van der Waals surface area contributed by atoms with Crippen LogP contribution in [-0.2, 0) is 16.0 Å². The molecule has 4 N–H and O–H groups in total. The quantitative estimate of drug-likeness (QED) is 0.569. The average molecular weight is 403 g/mol. The lowest BCUT2D eigenvalue weighted by Gasteiger charge is -2.30. The van der Waals surface area contributed by atoms with E-state index in [1.165, 1.54) is 24.0 Å². The van der Waals surface area contributed by atoms with Crippen LogP contribution in [0.15, 0.2) is 95.8 Å². The van der Waals surface area contributed by atoms with Crippen LogP contribution in [0, 0.1) is 0 Å². The molecule has 1 aliphatic carbocycles. The molecule has 1 heterocycles. The van der Waals surface area contributed by atoms with Crippen LogP contribution in [0.4, 0.5) is 0 Å². The largest absolute Gasteiger partial charge is 0.508 e. The Morgan fingerprint density at radius 2 is 1.73 bits per heavy atom. The molecule has 0 amide bonds. The minimum Gasteiger partial charge on any atom is -0.508 e. The molecule has 0 radical (unpaired) electrons. The molecule has 4 rings (SSSR count). The van der Waals surface area contributed by atoms with Crippen molar-refractivity contribution >= 4 is 11.4 Å². The van der Waals surface area contributed by atoms with Gasteiger partial charge in [-0.25, -0.2) is 0 Å². The van der Waals surface area contributed by atoms with Gasteiger partial charge in [0.2, 0.25) is 0 Å². The summed E-state index contributed by atoms with van der Waals surface area (Å²) in [6.07, 6.45) is 3.93.